The molecule has 1 fully saturated rings. The van der Waals surface area contributed by atoms with Gasteiger partial charge < -0.3 is 0 Å². The van der Waals surface area contributed by atoms with Gasteiger partial charge in [0, 0.05) is 0 Å². The highest BCUT2D eigenvalue weighted by molar-refractivity contribution is 5.14. The van der Waals surface area contributed by atoms with Gasteiger partial charge in [0.15, 0.2) is 0 Å². The average molecular weight is 244 g/mol. The Morgan fingerprint density at radius 1 is 0.889 bits per heavy atom. The Morgan fingerprint density at radius 3 is 2.22 bits per heavy atom. The van der Waals surface area contributed by atoms with Crippen molar-refractivity contribution in [3.05, 3.63) is 35.9 Å². The first-order valence-electron chi connectivity index (χ1n) is 7.92. The van der Waals surface area contributed by atoms with Gasteiger partial charge in [0.05, 0.1) is 0 Å². The van der Waals surface area contributed by atoms with E-state index in [1.807, 2.05) is 0 Å². The van der Waals surface area contributed by atoms with Crippen LogP contribution >= 0.6 is 0 Å². The average Bonchev–Trinajstić information content (AvgIpc) is 2.45. The van der Waals surface area contributed by atoms with E-state index in [1.54, 1.807) is 0 Å². The number of hydrogen-bond donors (Lipinski definition) is 0. The van der Waals surface area contributed by atoms with Gasteiger partial charge in [-0.15, -0.1) is 0 Å². The fourth-order valence-corrected chi connectivity index (χ4v) is 3.34. The monoisotopic (exact) mass is 244 g/mol. The van der Waals surface area contributed by atoms with Gasteiger partial charge in [-0.05, 0) is 30.2 Å². The molecule has 0 aromatic heterocycles. The number of rotatable bonds is 6. The summed E-state index contributed by atoms with van der Waals surface area (Å²) >= 11 is 0. The Labute approximate surface area is 113 Å². The molecule has 1 aliphatic carbocycles. The van der Waals surface area contributed by atoms with Crippen molar-refractivity contribution in [3.63, 3.8) is 0 Å². The van der Waals surface area contributed by atoms with Crippen LogP contribution in [0.2, 0.25) is 0 Å². The fourth-order valence-electron chi connectivity index (χ4n) is 3.34. The molecule has 0 N–H and O–H groups in total. The maximum absolute atomic E-state index is 2.35. The molecule has 1 saturated carbocycles. The van der Waals surface area contributed by atoms with Crippen molar-refractivity contribution in [1.29, 1.82) is 0 Å². The Morgan fingerprint density at radius 2 is 1.56 bits per heavy atom. The number of unbranched alkanes of at least 4 members (excludes halogenated alkanes) is 1. The third-order valence-electron chi connectivity index (χ3n) is 4.71. The van der Waals surface area contributed by atoms with E-state index in [0.29, 0.717) is 0 Å². The van der Waals surface area contributed by atoms with Gasteiger partial charge in [-0.25, -0.2) is 0 Å². The summed E-state index contributed by atoms with van der Waals surface area (Å²) in [6.07, 6.45) is 13.0. The molecule has 18 heavy (non-hydrogen) atoms. The van der Waals surface area contributed by atoms with E-state index in [2.05, 4.69) is 37.3 Å². The summed E-state index contributed by atoms with van der Waals surface area (Å²) in [5.41, 5.74) is 1.51. The van der Waals surface area contributed by atoms with Crippen molar-refractivity contribution in [2.75, 3.05) is 0 Å². The summed E-state index contributed by atoms with van der Waals surface area (Å²) in [5.74, 6) is 2.09. The molecule has 0 spiro atoms. The van der Waals surface area contributed by atoms with Crippen LogP contribution < -0.4 is 0 Å². The van der Waals surface area contributed by atoms with E-state index in [9.17, 15) is 0 Å². The minimum absolute atomic E-state index is 1.04. The Balaban J connectivity index is 1.56. The third-order valence-corrected chi connectivity index (χ3v) is 4.71. The minimum atomic E-state index is 1.04. The van der Waals surface area contributed by atoms with Crippen LogP contribution in [0.1, 0.15) is 63.9 Å². The van der Waals surface area contributed by atoms with Crippen molar-refractivity contribution in [2.24, 2.45) is 11.8 Å². The zero-order valence-electron chi connectivity index (χ0n) is 11.9. The zero-order chi connectivity index (χ0) is 12.6. The molecule has 0 atom stereocenters. The molecule has 0 bridgehead atoms. The Hall–Kier alpha value is -0.780. The molecule has 0 heterocycles. The molecular formula is C18H28. The van der Waals surface area contributed by atoms with Gasteiger partial charge >= 0.3 is 0 Å². The van der Waals surface area contributed by atoms with E-state index < -0.39 is 0 Å². The highest BCUT2D eigenvalue weighted by Crippen LogP contribution is 2.33. The molecule has 0 nitrogen and oxygen atoms in total. The lowest BCUT2D eigenvalue weighted by atomic mass is 9.79. The molecule has 0 radical (unpaired) electrons. The molecule has 0 aliphatic heterocycles. The van der Waals surface area contributed by atoms with Crippen LogP contribution in [-0.4, -0.2) is 0 Å². The first kappa shape index (κ1) is 13.6. The van der Waals surface area contributed by atoms with Crippen LogP contribution in [0.4, 0.5) is 0 Å². The Kier molecular flexibility index (Phi) is 5.77. The lowest BCUT2D eigenvalue weighted by Gasteiger charge is -2.27. The number of aryl methyl sites for hydroxylation is 1. The van der Waals surface area contributed by atoms with E-state index in [4.69, 9.17) is 0 Å². The maximum Gasteiger partial charge on any atom is -0.0279 e. The van der Waals surface area contributed by atoms with Crippen molar-refractivity contribution in [1.82, 2.24) is 0 Å². The van der Waals surface area contributed by atoms with E-state index >= 15 is 0 Å². The lowest BCUT2D eigenvalue weighted by molar-refractivity contribution is 0.254. The highest BCUT2D eigenvalue weighted by Gasteiger charge is 2.19. The molecule has 0 unspecified atom stereocenters. The van der Waals surface area contributed by atoms with Gasteiger partial charge in [-0.3, -0.25) is 0 Å². The van der Waals surface area contributed by atoms with E-state index in [1.165, 1.54) is 63.4 Å². The summed E-state index contributed by atoms with van der Waals surface area (Å²) in [6, 6.07) is 10.9. The molecular weight excluding hydrogens is 216 g/mol. The summed E-state index contributed by atoms with van der Waals surface area (Å²) in [7, 11) is 0. The predicted octanol–water partition coefficient (Wildman–Crippen LogP) is 5.62. The summed E-state index contributed by atoms with van der Waals surface area (Å²) < 4.78 is 0. The van der Waals surface area contributed by atoms with Gasteiger partial charge in [0.25, 0.3) is 0 Å². The quantitative estimate of drug-likeness (QED) is 0.570. The smallest absolute Gasteiger partial charge is 0.0279 e. The zero-order valence-corrected chi connectivity index (χ0v) is 11.9. The topological polar surface area (TPSA) is 0 Å². The maximum atomic E-state index is 2.35. The largest absolute Gasteiger partial charge is 0.0651 e. The summed E-state index contributed by atoms with van der Waals surface area (Å²) in [6.45, 7) is 2.35. The van der Waals surface area contributed by atoms with Crippen LogP contribution in [0.25, 0.3) is 0 Å². The molecule has 1 aromatic carbocycles. The van der Waals surface area contributed by atoms with Gasteiger partial charge in [-0.2, -0.15) is 0 Å². The number of hydrogen-bond acceptors (Lipinski definition) is 0. The van der Waals surface area contributed by atoms with Crippen LogP contribution in [0.15, 0.2) is 30.3 Å². The molecule has 0 heteroatoms. The normalized spacial score (nSPS) is 24.1. The van der Waals surface area contributed by atoms with Crippen molar-refractivity contribution in [3.8, 4) is 0 Å². The molecule has 0 saturated heterocycles. The second kappa shape index (κ2) is 7.61. The van der Waals surface area contributed by atoms with Crippen molar-refractivity contribution in [2.45, 2.75) is 64.7 Å². The molecule has 100 valence electrons. The van der Waals surface area contributed by atoms with Crippen LogP contribution in [0.3, 0.4) is 0 Å². The SMILES string of the molecule is CCC1CCC(CCCCc2ccccc2)CC1. The summed E-state index contributed by atoms with van der Waals surface area (Å²) in [4.78, 5) is 0. The minimum Gasteiger partial charge on any atom is -0.0651 e. The second-order valence-electron chi connectivity index (χ2n) is 6.03. The first-order chi connectivity index (χ1) is 8.88. The standard InChI is InChI=1S/C18H28/c1-2-16-12-14-18(15-13-16)11-7-6-10-17-8-4-3-5-9-17/h3-5,8-9,16,18H,2,6-7,10-15H2,1H3. The third kappa shape index (κ3) is 4.48. The highest BCUT2D eigenvalue weighted by atomic mass is 14.2. The van der Waals surface area contributed by atoms with Gasteiger partial charge in [0.2, 0.25) is 0 Å². The summed E-state index contributed by atoms with van der Waals surface area (Å²) in [5, 5.41) is 0. The van der Waals surface area contributed by atoms with Crippen LogP contribution in [0, 0.1) is 11.8 Å². The Bertz CT molecular complexity index is 306. The second-order valence-corrected chi connectivity index (χ2v) is 6.03. The van der Waals surface area contributed by atoms with E-state index in [0.717, 1.165) is 11.8 Å². The fraction of sp³-hybridized carbons (Fsp3) is 0.667. The number of benzene rings is 1. The lowest BCUT2D eigenvalue weighted by Crippen LogP contribution is -2.13. The predicted molar refractivity (Wildman–Crippen MR) is 79.7 cm³/mol. The molecule has 0 amide bonds. The molecule has 2 rings (SSSR count). The van der Waals surface area contributed by atoms with Crippen LogP contribution in [-0.2, 0) is 6.42 Å². The first-order valence-corrected chi connectivity index (χ1v) is 7.92. The van der Waals surface area contributed by atoms with Crippen molar-refractivity contribution >= 4 is 0 Å². The van der Waals surface area contributed by atoms with Crippen LogP contribution in [0.5, 0.6) is 0 Å². The van der Waals surface area contributed by atoms with E-state index in [-0.39, 0.29) is 0 Å². The van der Waals surface area contributed by atoms with Crippen molar-refractivity contribution < 1.29 is 0 Å². The van der Waals surface area contributed by atoms with Gasteiger partial charge in [-0.1, -0.05) is 82.2 Å². The van der Waals surface area contributed by atoms with Gasteiger partial charge in [0.1, 0.15) is 0 Å². The molecule has 1 aliphatic rings. The molecule has 1 aromatic rings.